The first-order valence-corrected chi connectivity index (χ1v) is 6.32. The van der Waals surface area contributed by atoms with Gasteiger partial charge < -0.3 is 15.5 Å². The SMILES string of the molecule is O=C(NCC1(C(=O)O)CCC1)c1ccc(O)c(Cl)c1. The fraction of sp³-hybridized carbons (Fsp3) is 0.385. The van der Waals surface area contributed by atoms with Crippen LogP contribution in [0.4, 0.5) is 0 Å². The van der Waals surface area contributed by atoms with Gasteiger partial charge in [0.2, 0.25) is 0 Å². The molecule has 19 heavy (non-hydrogen) atoms. The van der Waals surface area contributed by atoms with Gasteiger partial charge in [-0.15, -0.1) is 0 Å². The number of carboxylic acid groups (broad SMARTS) is 1. The molecule has 1 aromatic carbocycles. The Morgan fingerprint density at radius 3 is 2.53 bits per heavy atom. The van der Waals surface area contributed by atoms with Crippen molar-refractivity contribution in [3.63, 3.8) is 0 Å². The molecule has 0 heterocycles. The second-order valence-corrected chi connectivity index (χ2v) is 5.20. The number of phenolic OH excluding ortho intramolecular Hbond substituents is 1. The maximum atomic E-state index is 11.9. The van der Waals surface area contributed by atoms with Gasteiger partial charge in [-0.3, -0.25) is 9.59 Å². The summed E-state index contributed by atoms with van der Waals surface area (Å²) in [5.74, 6) is -1.36. The van der Waals surface area contributed by atoms with E-state index in [4.69, 9.17) is 16.7 Å². The smallest absolute Gasteiger partial charge is 0.311 e. The van der Waals surface area contributed by atoms with Gasteiger partial charge in [-0.05, 0) is 31.0 Å². The number of carbonyl (C=O) groups excluding carboxylic acids is 1. The molecule has 3 N–H and O–H groups in total. The van der Waals surface area contributed by atoms with Gasteiger partial charge in [0.25, 0.3) is 5.91 Å². The number of phenols is 1. The zero-order valence-corrected chi connectivity index (χ0v) is 10.9. The highest BCUT2D eigenvalue weighted by atomic mass is 35.5. The van der Waals surface area contributed by atoms with E-state index in [0.717, 1.165) is 6.42 Å². The first-order valence-electron chi connectivity index (χ1n) is 5.95. The molecule has 0 aliphatic heterocycles. The average Bonchev–Trinajstić information content (AvgIpc) is 2.30. The van der Waals surface area contributed by atoms with Crippen LogP contribution in [0.15, 0.2) is 18.2 Å². The minimum Gasteiger partial charge on any atom is -0.506 e. The van der Waals surface area contributed by atoms with E-state index in [2.05, 4.69) is 5.32 Å². The van der Waals surface area contributed by atoms with Crippen LogP contribution in [0, 0.1) is 5.41 Å². The molecule has 6 heteroatoms. The summed E-state index contributed by atoms with van der Waals surface area (Å²) in [7, 11) is 0. The quantitative estimate of drug-likeness (QED) is 0.789. The van der Waals surface area contributed by atoms with Gasteiger partial charge in [-0.25, -0.2) is 0 Å². The summed E-state index contributed by atoms with van der Waals surface area (Å²) in [6.07, 6.45) is 2.03. The van der Waals surface area contributed by atoms with Crippen molar-refractivity contribution in [2.24, 2.45) is 5.41 Å². The van der Waals surface area contributed by atoms with E-state index < -0.39 is 17.3 Å². The Balaban J connectivity index is 2.01. The molecule has 1 fully saturated rings. The van der Waals surface area contributed by atoms with Crippen LogP contribution in [0.5, 0.6) is 5.75 Å². The Morgan fingerprint density at radius 2 is 2.05 bits per heavy atom. The van der Waals surface area contributed by atoms with Gasteiger partial charge in [0.1, 0.15) is 5.75 Å². The number of hydrogen-bond donors (Lipinski definition) is 3. The third-order valence-electron chi connectivity index (χ3n) is 3.56. The van der Waals surface area contributed by atoms with Gasteiger partial charge in [0.05, 0.1) is 10.4 Å². The molecule has 1 aliphatic rings. The summed E-state index contributed by atoms with van der Waals surface area (Å²) >= 11 is 5.71. The second kappa shape index (κ2) is 5.09. The predicted molar refractivity (Wildman–Crippen MR) is 69.4 cm³/mol. The third-order valence-corrected chi connectivity index (χ3v) is 3.86. The van der Waals surface area contributed by atoms with Crippen LogP contribution < -0.4 is 5.32 Å². The van der Waals surface area contributed by atoms with Crippen molar-refractivity contribution in [2.75, 3.05) is 6.54 Å². The van der Waals surface area contributed by atoms with Crippen molar-refractivity contribution in [3.8, 4) is 5.75 Å². The number of nitrogens with one attached hydrogen (secondary N) is 1. The van der Waals surface area contributed by atoms with E-state index in [-0.39, 0.29) is 17.3 Å². The van der Waals surface area contributed by atoms with Crippen LogP contribution in [-0.4, -0.2) is 28.6 Å². The number of halogens is 1. The number of amides is 1. The van der Waals surface area contributed by atoms with Crippen LogP contribution in [0.2, 0.25) is 5.02 Å². The molecular weight excluding hydrogens is 270 g/mol. The van der Waals surface area contributed by atoms with E-state index in [9.17, 15) is 14.7 Å². The number of carboxylic acids is 1. The second-order valence-electron chi connectivity index (χ2n) is 4.79. The number of rotatable bonds is 4. The van der Waals surface area contributed by atoms with Crippen molar-refractivity contribution >= 4 is 23.5 Å². The fourth-order valence-corrected chi connectivity index (χ4v) is 2.25. The molecule has 1 saturated carbocycles. The molecule has 1 aliphatic carbocycles. The van der Waals surface area contributed by atoms with Gasteiger partial charge in [0, 0.05) is 12.1 Å². The van der Waals surface area contributed by atoms with Gasteiger partial charge in [0.15, 0.2) is 0 Å². The van der Waals surface area contributed by atoms with E-state index in [1.54, 1.807) is 0 Å². The summed E-state index contributed by atoms with van der Waals surface area (Å²) in [5.41, 5.74) is -0.529. The Hall–Kier alpha value is -1.75. The molecule has 0 unspecified atom stereocenters. The Morgan fingerprint density at radius 1 is 1.37 bits per heavy atom. The standard InChI is InChI=1S/C13H14ClNO4/c14-9-6-8(2-3-10(9)16)11(17)15-7-13(12(18)19)4-1-5-13/h2-3,6,16H,1,4-5,7H2,(H,15,17)(H,18,19). The van der Waals surface area contributed by atoms with Gasteiger partial charge >= 0.3 is 5.97 Å². The molecule has 5 nitrogen and oxygen atoms in total. The van der Waals surface area contributed by atoms with Crippen molar-refractivity contribution < 1.29 is 19.8 Å². The molecule has 0 bridgehead atoms. The van der Waals surface area contributed by atoms with E-state index in [1.807, 2.05) is 0 Å². The lowest BCUT2D eigenvalue weighted by Crippen LogP contribution is -2.47. The lowest BCUT2D eigenvalue weighted by atomic mass is 9.69. The highest BCUT2D eigenvalue weighted by Gasteiger charge is 2.44. The number of hydrogen-bond acceptors (Lipinski definition) is 3. The Kier molecular flexibility index (Phi) is 3.66. The van der Waals surface area contributed by atoms with E-state index in [1.165, 1.54) is 18.2 Å². The molecule has 0 radical (unpaired) electrons. The Bertz CT molecular complexity index is 525. The van der Waals surface area contributed by atoms with Crippen molar-refractivity contribution in [1.29, 1.82) is 0 Å². The normalized spacial score (nSPS) is 16.5. The zero-order valence-electron chi connectivity index (χ0n) is 10.1. The summed E-state index contributed by atoms with van der Waals surface area (Å²) in [4.78, 5) is 23.0. The van der Waals surface area contributed by atoms with Crippen LogP contribution in [0.25, 0.3) is 0 Å². The highest BCUT2D eigenvalue weighted by molar-refractivity contribution is 6.32. The fourth-order valence-electron chi connectivity index (χ4n) is 2.07. The number of aliphatic carboxylic acids is 1. The van der Waals surface area contributed by atoms with Gasteiger partial charge in [-0.1, -0.05) is 18.0 Å². The third kappa shape index (κ3) is 2.66. The first-order chi connectivity index (χ1) is 8.94. The molecule has 1 aromatic rings. The molecule has 0 saturated heterocycles. The van der Waals surface area contributed by atoms with E-state index >= 15 is 0 Å². The minimum absolute atomic E-state index is 0.0873. The molecule has 1 amide bonds. The molecule has 0 atom stereocenters. The Labute approximate surface area is 115 Å². The summed E-state index contributed by atoms with van der Waals surface area (Å²) < 4.78 is 0. The predicted octanol–water partition coefficient (Wildman–Crippen LogP) is 2.03. The molecule has 0 aromatic heterocycles. The summed E-state index contributed by atoms with van der Waals surface area (Å²) in [6, 6.07) is 4.11. The summed E-state index contributed by atoms with van der Waals surface area (Å²) in [5, 5.41) is 21.1. The molecule has 2 rings (SSSR count). The largest absolute Gasteiger partial charge is 0.506 e. The number of benzene rings is 1. The monoisotopic (exact) mass is 283 g/mol. The molecular formula is C13H14ClNO4. The lowest BCUT2D eigenvalue weighted by Gasteiger charge is -2.37. The topological polar surface area (TPSA) is 86.6 Å². The van der Waals surface area contributed by atoms with Crippen molar-refractivity contribution in [3.05, 3.63) is 28.8 Å². The maximum Gasteiger partial charge on any atom is 0.311 e. The van der Waals surface area contributed by atoms with Crippen molar-refractivity contribution in [2.45, 2.75) is 19.3 Å². The van der Waals surface area contributed by atoms with Crippen LogP contribution in [0.3, 0.4) is 0 Å². The number of aromatic hydroxyl groups is 1. The van der Waals surface area contributed by atoms with E-state index in [0.29, 0.717) is 18.4 Å². The summed E-state index contributed by atoms with van der Waals surface area (Å²) in [6.45, 7) is 0.111. The molecule has 102 valence electrons. The molecule has 0 spiro atoms. The first kappa shape index (κ1) is 13.7. The highest BCUT2D eigenvalue weighted by Crippen LogP contribution is 2.40. The van der Waals surface area contributed by atoms with Crippen molar-refractivity contribution in [1.82, 2.24) is 5.32 Å². The zero-order chi connectivity index (χ0) is 14.0. The lowest BCUT2D eigenvalue weighted by molar-refractivity contribution is -0.153. The van der Waals surface area contributed by atoms with Crippen LogP contribution in [0.1, 0.15) is 29.6 Å². The minimum atomic E-state index is -0.872. The number of carbonyl (C=O) groups is 2. The van der Waals surface area contributed by atoms with Crippen LogP contribution in [-0.2, 0) is 4.79 Å². The van der Waals surface area contributed by atoms with Crippen LogP contribution >= 0.6 is 11.6 Å². The average molecular weight is 284 g/mol. The maximum absolute atomic E-state index is 11.9. The van der Waals surface area contributed by atoms with Gasteiger partial charge in [-0.2, -0.15) is 0 Å².